The lowest BCUT2D eigenvalue weighted by atomic mass is 10.1. The average molecular weight is 349 g/mol. The van der Waals surface area contributed by atoms with Gasteiger partial charge in [-0.1, -0.05) is 11.6 Å². The highest BCUT2D eigenvalue weighted by atomic mass is 35.5. The fourth-order valence-corrected chi connectivity index (χ4v) is 2.74. The van der Waals surface area contributed by atoms with E-state index in [9.17, 15) is 9.59 Å². The Hall–Kier alpha value is -2.47. The summed E-state index contributed by atoms with van der Waals surface area (Å²) in [5.41, 5.74) is 1.79. The number of fused-ring (bicyclic) bond motifs is 1. The standard InChI is InChI=1S/C17H17ClN2O4/c1-10(21)12-8-14(20-9-12)17(22)19-3-2-11-6-13(18)16-15(7-11)23-4-5-24-16/h6-9,20H,2-5H2,1H3,(H,19,22). The molecule has 1 aromatic carbocycles. The van der Waals surface area contributed by atoms with E-state index in [4.69, 9.17) is 21.1 Å². The molecular formula is C17H17ClN2O4. The second kappa shape index (κ2) is 6.97. The van der Waals surface area contributed by atoms with Crippen molar-refractivity contribution < 1.29 is 19.1 Å². The Labute approximate surface area is 144 Å². The third-order valence-electron chi connectivity index (χ3n) is 3.69. The Morgan fingerprint density at radius 2 is 2.04 bits per heavy atom. The summed E-state index contributed by atoms with van der Waals surface area (Å²) in [7, 11) is 0. The second-order valence-corrected chi connectivity index (χ2v) is 5.87. The summed E-state index contributed by atoms with van der Waals surface area (Å²) < 4.78 is 11.0. The van der Waals surface area contributed by atoms with Gasteiger partial charge in [-0.15, -0.1) is 0 Å². The van der Waals surface area contributed by atoms with Crippen LogP contribution in [-0.4, -0.2) is 36.4 Å². The van der Waals surface area contributed by atoms with Crippen molar-refractivity contribution in [1.82, 2.24) is 10.3 Å². The molecule has 0 saturated heterocycles. The van der Waals surface area contributed by atoms with Crippen LogP contribution < -0.4 is 14.8 Å². The van der Waals surface area contributed by atoms with E-state index in [0.29, 0.717) is 54.0 Å². The van der Waals surface area contributed by atoms with Gasteiger partial charge < -0.3 is 19.8 Å². The van der Waals surface area contributed by atoms with Crippen molar-refractivity contribution in [3.8, 4) is 11.5 Å². The molecule has 6 nitrogen and oxygen atoms in total. The van der Waals surface area contributed by atoms with Crippen LogP contribution in [0.25, 0.3) is 0 Å². The lowest BCUT2D eigenvalue weighted by Crippen LogP contribution is -2.26. The SMILES string of the molecule is CC(=O)c1c[nH]c(C(=O)NCCc2cc(Cl)c3c(c2)OCCO3)c1. The third kappa shape index (κ3) is 3.54. The van der Waals surface area contributed by atoms with Gasteiger partial charge in [0.2, 0.25) is 0 Å². The highest BCUT2D eigenvalue weighted by molar-refractivity contribution is 6.32. The van der Waals surface area contributed by atoms with Crippen molar-refractivity contribution in [3.63, 3.8) is 0 Å². The van der Waals surface area contributed by atoms with Crippen LogP contribution in [0.4, 0.5) is 0 Å². The first-order chi connectivity index (χ1) is 11.5. The lowest BCUT2D eigenvalue weighted by molar-refractivity contribution is 0.0949. The summed E-state index contributed by atoms with van der Waals surface area (Å²) in [6.45, 7) is 2.87. The van der Waals surface area contributed by atoms with Crippen molar-refractivity contribution in [2.24, 2.45) is 0 Å². The molecule has 2 aromatic rings. The Bertz CT molecular complexity index is 785. The van der Waals surface area contributed by atoms with E-state index in [2.05, 4.69) is 10.3 Å². The van der Waals surface area contributed by atoms with Crippen LogP contribution in [0.5, 0.6) is 11.5 Å². The smallest absolute Gasteiger partial charge is 0.267 e. The Morgan fingerprint density at radius 3 is 2.79 bits per heavy atom. The molecule has 0 saturated carbocycles. The molecule has 1 aromatic heterocycles. The maximum absolute atomic E-state index is 12.0. The summed E-state index contributed by atoms with van der Waals surface area (Å²) in [5, 5.41) is 3.31. The quantitative estimate of drug-likeness (QED) is 0.814. The largest absolute Gasteiger partial charge is 0.486 e. The number of aromatic nitrogens is 1. The first-order valence-corrected chi connectivity index (χ1v) is 7.98. The third-order valence-corrected chi connectivity index (χ3v) is 3.97. The molecule has 126 valence electrons. The molecule has 24 heavy (non-hydrogen) atoms. The fraction of sp³-hybridized carbons (Fsp3) is 0.294. The van der Waals surface area contributed by atoms with E-state index in [1.54, 1.807) is 6.07 Å². The minimum absolute atomic E-state index is 0.0868. The zero-order valence-electron chi connectivity index (χ0n) is 13.1. The molecule has 1 aliphatic rings. The van der Waals surface area contributed by atoms with Crippen molar-refractivity contribution in [2.45, 2.75) is 13.3 Å². The number of Topliss-reactive ketones (excluding diaryl/α,β-unsaturated/α-hetero) is 1. The van der Waals surface area contributed by atoms with Crippen LogP contribution in [0, 0.1) is 0 Å². The number of ketones is 1. The number of rotatable bonds is 5. The van der Waals surface area contributed by atoms with Crippen LogP contribution in [-0.2, 0) is 6.42 Å². The van der Waals surface area contributed by atoms with E-state index in [1.807, 2.05) is 12.1 Å². The van der Waals surface area contributed by atoms with Gasteiger partial charge in [0.15, 0.2) is 17.3 Å². The van der Waals surface area contributed by atoms with Gasteiger partial charge in [-0.05, 0) is 37.1 Å². The summed E-state index contributed by atoms with van der Waals surface area (Å²) in [6.07, 6.45) is 2.13. The average Bonchev–Trinajstić information content (AvgIpc) is 3.05. The van der Waals surface area contributed by atoms with Gasteiger partial charge in [-0.2, -0.15) is 0 Å². The van der Waals surface area contributed by atoms with Gasteiger partial charge in [-0.25, -0.2) is 0 Å². The van der Waals surface area contributed by atoms with Gasteiger partial charge in [0.25, 0.3) is 5.91 Å². The Kier molecular flexibility index (Phi) is 4.76. The minimum Gasteiger partial charge on any atom is -0.486 e. The number of aromatic amines is 1. The van der Waals surface area contributed by atoms with Crippen molar-refractivity contribution in [1.29, 1.82) is 0 Å². The highest BCUT2D eigenvalue weighted by Crippen LogP contribution is 2.38. The summed E-state index contributed by atoms with van der Waals surface area (Å²) in [4.78, 5) is 26.1. The van der Waals surface area contributed by atoms with Crippen LogP contribution in [0.2, 0.25) is 5.02 Å². The number of hydrogen-bond donors (Lipinski definition) is 2. The molecule has 0 aliphatic carbocycles. The summed E-state index contributed by atoms with van der Waals surface area (Å²) in [5.74, 6) is 0.853. The van der Waals surface area contributed by atoms with Gasteiger partial charge in [0, 0.05) is 18.3 Å². The molecule has 0 atom stereocenters. The fourth-order valence-electron chi connectivity index (χ4n) is 2.45. The summed E-state index contributed by atoms with van der Waals surface area (Å²) in [6, 6.07) is 5.22. The molecule has 0 fully saturated rings. The van der Waals surface area contributed by atoms with E-state index >= 15 is 0 Å². The molecule has 0 bridgehead atoms. The van der Waals surface area contributed by atoms with Crippen LogP contribution in [0.15, 0.2) is 24.4 Å². The zero-order valence-corrected chi connectivity index (χ0v) is 13.9. The molecule has 0 spiro atoms. The number of hydrogen-bond acceptors (Lipinski definition) is 4. The maximum Gasteiger partial charge on any atom is 0.267 e. The monoisotopic (exact) mass is 348 g/mol. The van der Waals surface area contributed by atoms with Crippen LogP contribution in [0.1, 0.15) is 33.3 Å². The Morgan fingerprint density at radius 1 is 1.25 bits per heavy atom. The van der Waals surface area contributed by atoms with E-state index in [0.717, 1.165) is 5.56 Å². The molecule has 1 amide bonds. The number of carbonyl (C=O) groups excluding carboxylic acids is 2. The topological polar surface area (TPSA) is 80.4 Å². The van der Waals surface area contributed by atoms with Gasteiger partial charge in [-0.3, -0.25) is 9.59 Å². The van der Waals surface area contributed by atoms with E-state index < -0.39 is 0 Å². The Balaban J connectivity index is 1.59. The number of carbonyl (C=O) groups is 2. The van der Waals surface area contributed by atoms with E-state index in [-0.39, 0.29) is 11.7 Å². The van der Waals surface area contributed by atoms with E-state index in [1.165, 1.54) is 13.1 Å². The number of ether oxygens (including phenoxy) is 2. The first kappa shape index (κ1) is 16.4. The van der Waals surface area contributed by atoms with Crippen LogP contribution >= 0.6 is 11.6 Å². The molecule has 2 N–H and O–H groups in total. The normalized spacial score (nSPS) is 12.8. The molecule has 7 heteroatoms. The number of H-pyrrole nitrogens is 1. The molecular weight excluding hydrogens is 332 g/mol. The number of nitrogens with one attached hydrogen (secondary N) is 2. The number of benzene rings is 1. The predicted molar refractivity (Wildman–Crippen MR) is 89.3 cm³/mol. The number of amides is 1. The van der Waals surface area contributed by atoms with Crippen molar-refractivity contribution in [3.05, 3.63) is 46.2 Å². The first-order valence-electron chi connectivity index (χ1n) is 7.60. The maximum atomic E-state index is 12.0. The zero-order chi connectivity index (χ0) is 17.1. The second-order valence-electron chi connectivity index (χ2n) is 5.47. The van der Waals surface area contributed by atoms with Gasteiger partial charge >= 0.3 is 0 Å². The highest BCUT2D eigenvalue weighted by Gasteiger charge is 2.17. The molecule has 3 rings (SSSR count). The van der Waals surface area contributed by atoms with Crippen molar-refractivity contribution >= 4 is 23.3 Å². The molecule has 0 radical (unpaired) electrons. The van der Waals surface area contributed by atoms with Gasteiger partial charge in [0.05, 0.1) is 5.02 Å². The minimum atomic E-state index is -0.258. The predicted octanol–water partition coefficient (Wildman–Crippen LogP) is 2.61. The van der Waals surface area contributed by atoms with Crippen molar-refractivity contribution in [2.75, 3.05) is 19.8 Å². The van der Waals surface area contributed by atoms with Gasteiger partial charge in [0.1, 0.15) is 18.9 Å². The molecule has 0 unspecified atom stereocenters. The summed E-state index contributed by atoms with van der Waals surface area (Å²) >= 11 is 6.19. The molecule has 2 heterocycles. The lowest BCUT2D eigenvalue weighted by Gasteiger charge is -2.20. The number of halogens is 1. The van der Waals surface area contributed by atoms with Crippen LogP contribution in [0.3, 0.4) is 0 Å². The molecule has 1 aliphatic heterocycles.